The van der Waals surface area contributed by atoms with Crippen molar-refractivity contribution in [2.45, 2.75) is 25.8 Å². The minimum absolute atomic E-state index is 0.108. The van der Waals surface area contributed by atoms with Gasteiger partial charge in [-0.1, -0.05) is 6.07 Å². The van der Waals surface area contributed by atoms with Crippen LogP contribution in [0.2, 0.25) is 0 Å². The molecule has 0 spiro atoms. The summed E-state index contributed by atoms with van der Waals surface area (Å²) >= 11 is 0. The largest absolute Gasteiger partial charge is 0.495 e. The Kier molecular flexibility index (Phi) is 4.84. The van der Waals surface area contributed by atoms with Crippen molar-refractivity contribution in [3.63, 3.8) is 0 Å². The van der Waals surface area contributed by atoms with Gasteiger partial charge in [-0.15, -0.1) is 0 Å². The molecule has 1 fully saturated rings. The van der Waals surface area contributed by atoms with E-state index in [1.165, 1.54) is 7.11 Å². The van der Waals surface area contributed by atoms with Crippen molar-refractivity contribution in [1.29, 1.82) is 0 Å². The van der Waals surface area contributed by atoms with E-state index in [0.717, 1.165) is 26.1 Å². The van der Waals surface area contributed by atoms with Crippen molar-refractivity contribution in [3.8, 4) is 5.75 Å². The Labute approximate surface area is 119 Å². The molecule has 1 aliphatic heterocycles. The van der Waals surface area contributed by atoms with Gasteiger partial charge < -0.3 is 20.5 Å². The highest BCUT2D eigenvalue weighted by atomic mass is 16.5. The number of carbonyl (C=O) groups excluding carboxylic acids is 1. The van der Waals surface area contributed by atoms with Crippen molar-refractivity contribution in [3.05, 3.63) is 23.8 Å². The zero-order valence-corrected chi connectivity index (χ0v) is 12.0. The van der Waals surface area contributed by atoms with Crippen molar-refractivity contribution in [2.24, 2.45) is 5.92 Å². The van der Waals surface area contributed by atoms with Crippen molar-refractivity contribution in [2.75, 3.05) is 26.1 Å². The van der Waals surface area contributed by atoms with E-state index in [1.54, 1.807) is 18.2 Å². The van der Waals surface area contributed by atoms with Crippen LogP contribution in [0.1, 0.15) is 30.1 Å². The van der Waals surface area contributed by atoms with Gasteiger partial charge in [0.05, 0.1) is 18.4 Å². The number of amides is 1. The number of benzene rings is 1. The highest BCUT2D eigenvalue weighted by Gasteiger charge is 2.23. The van der Waals surface area contributed by atoms with Crippen molar-refractivity contribution < 1.29 is 14.3 Å². The number of nitrogens with one attached hydrogen (secondary N) is 1. The number of rotatable bonds is 4. The molecule has 0 bridgehead atoms. The number of para-hydroxylation sites is 1. The molecular weight excluding hydrogens is 256 g/mol. The highest BCUT2D eigenvalue weighted by Crippen LogP contribution is 2.25. The molecule has 0 saturated carbocycles. The summed E-state index contributed by atoms with van der Waals surface area (Å²) in [6.07, 6.45) is 1.96. The summed E-state index contributed by atoms with van der Waals surface area (Å²) in [7, 11) is 1.54. The van der Waals surface area contributed by atoms with Crippen LogP contribution in [0.4, 0.5) is 5.69 Å². The third-order valence-electron chi connectivity index (χ3n) is 3.86. The van der Waals surface area contributed by atoms with Gasteiger partial charge in [-0.3, -0.25) is 4.79 Å². The number of ether oxygens (including phenoxy) is 2. The minimum Gasteiger partial charge on any atom is -0.495 e. The molecule has 1 unspecified atom stereocenters. The second-order valence-corrected chi connectivity index (χ2v) is 5.13. The molecule has 2 rings (SSSR count). The monoisotopic (exact) mass is 278 g/mol. The van der Waals surface area contributed by atoms with Crippen LogP contribution in [0.3, 0.4) is 0 Å². The van der Waals surface area contributed by atoms with Gasteiger partial charge in [0.15, 0.2) is 0 Å². The lowest BCUT2D eigenvalue weighted by molar-refractivity contribution is 0.0538. The first-order valence-corrected chi connectivity index (χ1v) is 6.94. The van der Waals surface area contributed by atoms with E-state index in [2.05, 4.69) is 5.32 Å². The molecule has 5 nitrogen and oxygen atoms in total. The summed E-state index contributed by atoms with van der Waals surface area (Å²) in [5, 5.41) is 3.03. The average molecular weight is 278 g/mol. The lowest BCUT2D eigenvalue weighted by atomic mass is 9.92. The van der Waals surface area contributed by atoms with Crippen molar-refractivity contribution >= 4 is 11.6 Å². The number of hydrogen-bond acceptors (Lipinski definition) is 4. The van der Waals surface area contributed by atoms with Gasteiger partial charge in [0.2, 0.25) is 0 Å². The van der Waals surface area contributed by atoms with Crippen LogP contribution < -0.4 is 15.8 Å². The fourth-order valence-electron chi connectivity index (χ4n) is 2.54. The summed E-state index contributed by atoms with van der Waals surface area (Å²) in [6, 6.07) is 5.33. The van der Waals surface area contributed by atoms with Gasteiger partial charge in [0.25, 0.3) is 5.91 Å². The molecule has 0 radical (unpaired) electrons. The summed E-state index contributed by atoms with van der Waals surface area (Å²) < 4.78 is 10.5. The number of nitrogen functional groups attached to an aromatic ring is 1. The lowest BCUT2D eigenvalue weighted by Gasteiger charge is -2.28. The number of anilines is 1. The number of nitrogens with two attached hydrogens (primary N) is 1. The first-order chi connectivity index (χ1) is 9.63. The number of carbonyl (C=O) groups is 1. The molecule has 1 heterocycles. The summed E-state index contributed by atoms with van der Waals surface area (Å²) in [6.45, 7) is 3.57. The van der Waals surface area contributed by atoms with Gasteiger partial charge in [-0.05, 0) is 37.8 Å². The summed E-state index contributed by atoms with van der Waals surface area (Å²) in [4.78, 5) is 12.3. The molecule has 5 heteroatoms. The highest BCUT2D eigenvalue weighted by molar-refractivity contribution is 6.00. The zero-order chi connectivity index (χ0) is 14.5. The van der Waals surface area contributed by atoms with Crippen LogP contribution in [0, 0.1) is 5.92 Å². The molecule has 20 heavy (non-hydrogen) atoms. The van der Waals surface area contributed by atoms with E-state index in [4.69, 9.17) is 15.2 Å². The molecule has 1 aromatic carbocycles. The second kappa shape index (κ2) is 6.61. The summed E-state index contributed by atoms with van der Waals surface area (Å²) in [5.74, 6) is 0.830. The normalized spacial score (nSPS) is 17.5. The average Bonchev–Trinajstić information content (AvgIpc) is 2.48. The Morgan fingerprint density at radius 2 is 2.15 bits per heavy atom. The maximum Gasteiger partial charge on any atom is 0.253 e. The quantitative estimate of drug-likeness (QED) is 0.824. The molecule has 0 aliphatic carbocycles. The van der Waals surface area contributed by atoms with Crippen LogP contribution in [0.25, 0.3) is 0 Å². The first kappa shape index (κ1) is 14.7. The third-order valence-corrected chi connectivity index (χ3v) is 3.86. The van der Waals surface area contributed by atoms with E-state index in [0.29, 0.717) is 22.9 Å². The van der Waals surface area contributed by atoms with Crippen LogP contribution in [0.5, 0.6) is 5.75 Å². The maximum atomic E-state index is 12.3. The Balaban J connectivity index is 2.04. The topological polar surface area (TPSA) is 73.6 Å². The van der Waals surface area contributed by atoms with E-state index in [-0.39, 0.29) is 11.9 Å². The van der Waals surface area contributed by atoms with Crippen LogP contribution in [0.15, 0.2) is 18.2 Å². The van der Waals surface area contributed by atoms with Crippen LogP contribution >= 0.6 is 0 Å². The Hall–Kier alpha value is -1.75. The van der Waals surface area contributed by atoms with E-state index < -0.39 is 0 Å². The van der Waals surface area contributed by atoms with Gasteiger partial charge in [-0.25, -0.2) is 0 Å². The van der Waals surface area contributed by atoms with Gasteiger partial charge >= 0.3 is 0 Å². The molecule has 110 valence electrons. The van der Waals surface area contributed by atoms with Crippen LogP contribution in [-0.2, 0) is 4.74 Å². The molecule has 1 amide bonds. The smallest absolute Gasteiger partial charge is 0.253 e. The minimum atomic E-state index is -0.152. The molecule has 1 aliphatic rings. The zero-order valence-electron chi connectivity index (χ0n) is 12.0. The Bertz CT molecular complexity index is 470. The first-order valence-electron chi connectivity index (χ1n) is 6.94. The summed E-state index contributed by atoms with van der Waals surface area (Å²) in [5.41, 5.74) is 6.79. The van der Waals surface area contributed by atoms with Crippen molar-refractivity contribution in [1.82, 2.24) is 5.32 Å². The predicted molar refractivity (Wildman–Crippen MR) is 77.9 cm³/mol. The van der Waals surface area contributed by atoms with Crippen LogP contribution in [-0.4, -0.2) is 32.3 Å². The Morgan fingerprint density at radius 1 is 1.45 bits per heavy atom. The molecule has 1 saturated heterocycles. The fourth-order valence-corrected chi connectivity index (χ4v) is 2.54. The molecule has 1 aromatic rings. The third kappa shape index (κ3) is 3.22. The SMILES string of the molecule is COc1cccc(C(=O)NC(C)C2CCOCC2)c1N. The number of methoxy groups -OCH3 is 1. The Morgan fingerprint density at radius 3 is 2.80 bits per heavy atom. The molecule has 1 atom stereocenters. The second-order valence-electron chi connectivity index (χ2n) is 5.13. The van der Waals surface area contributed by atoms with E-state index >= 15 is 0 Å². The molecule has 0 aromatic heterocycles. The fraction of sp³-hybridized carbons (Fsp3) is 0.533. The maximum absolute atomic E-state index is 12.3. The van der Waals surface area contributed by atoms with E-state index in [1.807, 2.05) is 6.92 Å². The van der Waals surface area contributed by atoms with Gasteiger partial charge in [-0.2, -0.15) is 0 Å². The standard InChI is InChI=1S/C15H22N2O3/c1-10(11-6-8-20-9-7-11)17-15(18)12-4-3-5-13(19-2)14(12)16/h3-5,10-11H,6-9,16H2,1-2H3,(H,17,18). The predicted octanol–water partition coefficient (Wildman–Crippen LogP) is 1.82. The van der Waals surface area contributed by atoms with E-state index in [9.17, 15) is 4.79 Å². The molecule has 3 N–H and O–H groups in total. The lowest BCUT2D eigenvalue weighted by Crippen LogP contribution is -2.40. The molecular formula is C15H22N2O3. The van der Waals surface area contributed by atoms with Gasteiger partial charge in [0.1, 0.15) is 5.75 Å². The number of hydrogen-bond donors (Lipinski definition) is 2. The van der Waals surface area contributed by atoms with Gasteiger partial charge in [0, 0.05) is 19.3 Å².